The largest absolute Gasteiger partial charge is 0.484 e. The van der Waals surface area contributed by atoms with Gasteiger partial charge < -0.3 is 4.74 Å². The summed E-state index contributed by atoms with van der Waals surface area (Å²) in [5.74, 6) is 0.638. The van der Waals surface area contributed by atoms with Crippen molar-refractivity contribution in [2.75, 3.05) is 6.61 Å². The Hall–Kier alpha value is -0.650. The topological polar surface area (TPSA) is 39.2 Å². The maximum Gasteiger partial charge on any atom is 0.167 e. The highest BCUT2D eigenvalue weighted by Gasteiger charge is 1.96. The lowest BCUT2D eigenvalue weighted by Crippen LogP contribution is -2.06. The molecule has 0 atom stereocenters. The van der Waals surface area contributed by atoms with E-state index in [4.69, 9.17) is 4.74 Å². The number of hydrogen-bond acceptors (Lipinski definition) is 3. The van der Waals surface area contributed by atoms with E-state index in [0.29, 0.717) is 5.75 Å². The second kappa shape index (κ2) is 4.39. The Kier molecular flexibility index (Phi) is 3.46. The summed E-state index contributed by atoms with van der Waals surface area (Å²) >= 11 is 2.10. The molecule has 12 heavy (non-hydrogen) atoms. The fraction of sp³-hybridized carbons (Fsp3) is 0.250. The predicted molar refractivity (Wildman–Crippen MR) is 53.1 cm³/mol. The maximum absolute atomic E-state index is 10.5. The van der Waals surface area contributed by atoms with Crippen molar-refractivity contribution in [2.45, 2.75) is 6.92 Å². The lowest BCUT2D eigenvalue weighted by molar-refractivity contribution is -0.118. The smallest absolute Gasteiger partial charge is 0.167 e. The van der Waals surface area contributed by atoms with Crippen molar-refractivity contribution in [1.29, 1.82) is 0 Å². The summed E-state index contributed by atoms with van der Waals surface area (Å²) in [7, 11) is 0. The van der Waals surface area contributed by atoms with Gasteiger partial charge in [0.25, 0.3) is 0 Å². The van der Waals surface area contributed by atoms with Crippen LogP contribution >= 0.6 is 22.6 Å². The standard InChI is InChI=1S/C8H8INO2/c1-6(11)5-12-7-2-3-8(9)10-4-7/h2-4H,5H2,1H3. The highest BCUT2D eigenvalue weighted by atomic mass is 127. The normalized spacial score (nSPS) is 9.50. The number of carbonyl (C=O) groups is 1. The van der Waals surface area contributed by atoms with Crippen molar-refractivity contribution in [3.63, 3.8) is 0 Å². The zero-order valence-corrected chi connectivity index (χ0v) is 8.74. The van der Waals surface area contributed by atoms with E-state index in [0.717, 1.165) is 3.70 Å². The quantitative estimate of drug-likeness (QED) is 0.623. The van der Waals surface area contributed by atoms with Gasteiger partial charge in [-0.25, -0.2) is 4.98 Å². The van der Waals surface area contributed by atoms with Crippen molar-refractivity contribution < 1.29 is 9.53 Å². The molecule has 0 saturated heterocycles. The molecule has 0 fully saturated rings. The molecule has 0 saturated carbocycles. The van der Waals surface area contributed by atoms with Crippen molar-refractivity contribution >= 4 is 28.4 Å². The van der Waals surface area contributed by atoms with Crippen molar-refractivity contribution in [2.24, 2.45) is 0 Å². The molecule has 0 radical (unpaired) electrons. The van der Waals surface area contributed by atoms with E-state index < -0.39 is 0 Å². The minimum Gasteiger partial charge on any atom is -0.484 e. The van der Waals surface area contributed by atoms with Gasteiger partial charge in [0.1, 0.15) is 16.1 Å². The van der Waals surface area contributed by atoms with Gasteiger partial charge in [-0.3, -0.25) is 4.79 Å². The fourth-order valence-electron chi connectivity index (χ4n) is 0.633. The Labute approximate surface area is 84.3 Å². The fourth-order valence-corrected chi connectivity index (χ4v) is 0.952. The Bertz CT molecular complexity index is 271. The van der Waals surface area contributed by atoms with E-state index in [9.17, 15) is 4.79 Å². The van der Waals surface area contributed by atoms with Gasteiger partial charge in [-0.15, -0.1) is 0 Å². The van der Waals surface area contributed by atoms with Crippen LogP contribution in [0.2, 0.25) is 0 Å². The Morgan fingerprint density at radius 1 is 1.67 bits per heavy atom. The van der Waals surface area contributed by atoms with Crippen LogP contribution in [0.3, 0.4) is 0 Å². The lowest BCUT2D eigenvalue weighted by Gasteiger charge is -2.01. The second-order valence-electron chi connectivity index (χ2n) is 2.31. The number of halogens is 1. The molecule has 0 unspecified atom stereocenters. The molecule has 4 heteroatoms. The number of Topliss-reactive ketones (excluding diaryl/α,β-unsaturated/α-hetero) is 1. The number of hydrogen-bond donors (Lipinski definition) is 0. The second-order valence-corrected chi connectivity index (χ2v) is 3.41. The van der Waals surface area contributed by atoms with Gasteiger partial charge in [-0.2, -0.15) is 0 Å². The molecular weight excluding hydrogens is 269 g/mol. The number of ketones is 1. The Morgan fingerprint density at radius 2 is 2.42 bits per heavy atom. The van der Waals surface area contributed by atoms with E-state index in [1.807, 2.05) is 6.07 Å². The third-order valence-corrected chi connectivity index (χ3v) is 1.78. The lowest BCUT2D eigenvalue weighted by atomic mass is 10.4. The third kappa shape index (κ3) is 3.17. The van der Waals surface area contributed by atoms with Crippen LogP contribution < -0.4 is 4.74 Å². The predicted octanol–water partition coefficient (Wildman–Crippen LogP) is 1.65. The van der Waals surface area contributed by atoms with Gasteiger partial charge in [0.2, 0.25) is 0 Å². The summed E-state index contributed by atoms with van der Waals surface area (Å²) in [5, 5.41) is 0. The molecule has 1 heterocycles. The zero-order valence-electron chi connectivity index (χ0n) is 6.58. The summed E-state index contributed by atoms with van der Waals surface area (Å²) in [6.45, 7) is 1.60. The molecule has 0 aliphatic carbocycles. The molecule has 0 aliphatic heterocycles. The first-order valence-corrected chi connectivity index (χ1v) is 4.50. The molecule has 3 nitrogen and oxygen atoms in total. The molecule has 0 N–H and O–H groups in total. The van der Waals surface area contributed by atoms with E-state index in [-0.39, 0.29) is 12.4 Å². The number of ether oxygens (including phenoxy) is 1. The maximum atomic E-state index is 10.5. The van der Waals surface area contributed by atoms with Gasteiger partial charge in [0.05, 0.1) is 6.20 Å². The molecule has 64 valence electrons. The number of pyridine rings is 1. The van der Waals surface area contributed by atoms with Crippen LogP contribution in [0.15, 0.2) is 18.3 Å². The SMILES string of the molecule is CC(=O)COc1ccc(I)nc1. The van der Waals surface area contributed by atoms with Crippen LogP contribution in [-0.2, 0) is 4.79 Å². The first-order valence-electron chi connectivity index (χ1n) is 3.42. The first-order chi connectivity index (χ1) is 5.68. The van der Waals surface area contributed by atoms with E-state index in [1.165, 1.54) is 6.92 Å². The highest BCUT2D eigenvalue weighted by molar-refractivity contribution is 14.1. The van der Waals surface area contributed by atoms with Gasteiger partial charge in [-0.05, 0) is 41.6 Å². The van der Waals surface area contributed by atoms with Crippen LogP contribution in [-0.4, -0.2) is 17.4 Å². The number of aromatic nitrogens is 1. The van der Waals surface area contributed by atoms with Gasteiger partial charge in [0.15, 0.2) is 5.78 Å². The molecule has 1 aromatic rings. The van der Waals surface area contributed by atoms with Crippen LogP contribution in [0.4, 0.5) is 0 Å². The van der Waals surface area contributed by atoms with E-state index in [1.54, 1.807) is 12.3 Å². The summed E-state index contributed by atoms with van der Waals surface area (Å²) in [6.07, 6.45) is 1.60. The summed E-state index contributed by atoms with van der Waals surface area (Å²) in [4.78, 5) is 14.5. The molecule has 0 aliphatic rings. The minimum atomic E-state index is 0.00792. The Balaban J connectivity index is 2.53. The van der Waals surface area contributed by atoms with Crippen LogP contribution in [0.5, 0.6) is 5.75 Å². The monoisotopic (exact) mass is 277 g/mol. The van der Waals surface area contributed by atoms with Crippen molar-refractivity contribution in [3.8, 4) is 5.75 Å². The van der Waals surface area contributed by atoms with Crippen LogP contribution in [0, 0.1) is 3.70 Å². The molecule has 1 aromatic heterocycles. The molecule has 1 rings (SSSR count). The average Bonchev–Trinajstić information content (AvgIpc) is 2.03. The van der Waals surface area contributed by atoms with Gasteiger partial charge >= 0.3 is 0 Å². The molecule has 0 amide bonds. The first kappa shape index (κ1) is 9.44. The van der Waals surface area contributed by atoms with E-state index >= 15 is 0 Å². The van der Waals surface area contributed by atoms with Crippen molar-refractivity contribution in [3.05, 3.63) is 22.0 Å². The highest BCUT2D eigenvalue weighted by Crippen LogP contribution is 2.09. The van der Waals surface area contributed by atoms with Crippen LogP contribution in [0.25, 0.3) is 0 Å². The molecule has 0 bridgehead atoms. The minimum absolute atomic E-state index is 0.00792. The molecule has 0 aromatic carbocycles. The Morgan fingerprint density at radius 3 is 2.92 bits per heavy atom. The van der Waals surface area contributed by atoms with Crippen LogP contribution in [0.1, 0.15) is 6.92 Å². The zero-order chi connectivity index (χ0) is 8.97. The number of rotatable bonds is 3. The number of carbonyl (C=O) groups excluding carboxylic acids is 1. The third-order valence-electron chi connectivity index (χ3n) is 1.14. The van der Waals surface area contributed by atoms with E-state index in [2.05, 4.69) is 27.6 Å². The average molecular weight is 277 g/mol. The van der Waals surface area contributed by atoms with Gasteiger partial charge in [0, 0.05) is 0 Å². The summed E-state index contributed by atoms with van der Waals surface area (Å²) in [5.41, 5.74) is 0. The molecular formula is C8H8INO2. The van der Waals surface area contributed by atoms with Crippen molar-refractivity contribution in [1.82, 2.24) is 4.98 Å². The molecule has 0 spiro atoms. The summed E-state index contributed by atoms with van der Waals surface area (Å²) < 4.78 is 6.01. The number of nitrogens with zero attached hydrogens (tertiary/aromatic N) is 1. The van der Waals surface area contributed by atoms with Gasteiger partial charge in [-0.1, -0.05) is 0 Å². The summed E-state index contributed by atoms with van der Waals surface area (Å²) in [6, 6.07) is 3.62.